The molecule has 0 saturated carbocycles. The lowest BCUT2D eigenvalue weighted by molar-refractivity contribution is -0.119. The molecule has 0 fully saturated rings. The molecule has 1 rings (SSSR count). The predicted molar refractivity (Wildman–Crippen MR) is 68.1 cm³/mol. The number of phenols is 1. The van der Waals surface area contributed by atoms with Gasteiger partial charge in [0, 0.05) is 18.7 Å². The average molecular weight is 272 g/mol. The molecule has 100 valence electrons. The predicted octanol–water partition coefficient (Wildman–Crippen LogP) is 0.329. The Kier molecular flexibility index (Phi) is 4.31. The second-order valence-electron chi connectivity index (χ2n) is 4.08. The summed E-state index contributed by atoms with van der Waals surface area (Å²) in [5.41, 5.74) is 5.40. The molecular formula is C11H16N2O4S. The van der Waals surface area contributed by atoms with Gasteiger partial charge in [-0.2, -0.15) is 0 Å². The summed E-state index contributed by atoms with van der Waals surface area (Å²) in [5.74, 6) is -0.996. The van der Waals surface area contributed by atoms with Gasteiger partial charge in [0.2, 0.25) is 5.91 Å². The molecule has 7 heteroatoms. The van der Waals surface area contributed by atoms with Gasteiger partial charge in [0.25, 0.3) is 0 Å². The number of hydrogen-bond acceptors (Lipinski definition) is 5. The van der Waals surface area contributed by atoms with Crippen LogP contribution in [-0.2, 0) is 14.6 Å². The number of amides is 1. The molecule has 6 nitrogen and oxygen atoms in total. The van der Waals surface area contributed by atoms with Gasteiger partial charge in [-0.25, -0.2) is 8.42 Å². The first-order valence-corrected chi connectivity index (χ1v) is 7.19. The highest BCUT2D eigenvalue weighted by molar-refractivity contribution is 7.90. The summed E-state index contributed by atoms with van der Waals surface area (Å²) in [7, 11) is -3.39. The Morgan fingerprint density at radius 3 is 2.61 bits per heavy atom. The molecule has 1 atom stereocenters. The first kappa shape index (κ1) is 14.5. The van der Waals surface area contributed by atoms with Crippen LogP contribution in [0.25, 0.3) is 0 Å². The molecule has 0 saturated heterocycles. The second-order valence-corrected chi connectivity index (χ2v) is 6.09. The van der Waals surface area contributed by atoms with Gasteiger partial charge in [-0.3, -0.25) is 4.79 Å². The van der Waals surface area contributed by atoms with Gasteiger partial charge in [-0.05, 0) is 18.2 Å². The van der Waals surface area contributed by atoms with E-state index in [0.717, 1.165) is 6.26 Å². The number of benzene rings is 1. The molecule has 0 aliphatic heterocycles. The summed E-state index contributed by atoms with van der Waals surface area (Å²) in [6.07, 6.45) is 1.05. The van der Waals surface area contributed by atoms with Crippen LogP contribution in [-0.4, -0.2) is 32.2 Å². The Hall–Kier alpha value is -1.60. The summed E-state index contributed by atoms with van der Waals surface area (Å²) in [5, 5.41) is 12.0. The van der Waals surface area contributed by atoms with Gasteiger partial charge < -0.3 is 16.2 Å². The quantitative estimate of drug-likeness (QED) is 0.684. The minimum Gasteiger partial charge on any atom is -0.506 e. The lowest BCUT2D eigenvalue weighted by Crippen LogP contribution is -2.26. The van der Waals surface area contributed by atoms with E-state index in [4.69, 9.17) is 5.73 Å². The van der Waals surface area contributed by atoms with Crippen molar-refractivity contribution in [2.75, 3.05) is 18.1 Å². The Morgan fingerprint density at radius 1 is 1.50 bits per heavy atom. The van der Waals surface area contributed by atoms with E-state index in [1.165, 1.54) is 18.2 Å². The van der Waals surface area contributed by atoms with Crippen LogP contribution in [0.2, 0.25) is 0 Å². The highest BCUT2D eigenvalue weighted by atomic mass is 32.2. The average Bonchev–Trinajstić information content (AvgIpc) is 2.29. The third-order valence-corrected chi connectivity index (χ3v) is 3.57. The molecule has 0 aromatic heterocycles. The van der Waals surface area contributed by atoms with E-state index in [2.05, 4.69) is 5.32 Å². The number of sulfone groups is 1. The molecule has 1 aromatic carbocycles. The van der Waals surface area contributed by atoms with E-state index in [0.29, 0.717) is 0 Å². The van der Waals surface area contributed by atoms with Crippen molar-refractivity contribution < 1.29 is 18.3 Å². The fourth-order valence-electron chi connectivity index (χ4n) is 1.21. The van der Waals surface area contributed by atoms with E-state index in [9.17, 15) is 18.3 Å². The Labute approximate surface area is 106 Å². The van der Waals surface area contributed by atoms with E-state index < -0.39 is 15.8 Å². The van der Waals surface area contributed by atoms with Crippen LogP contribution in [0, 0.1) is 5.92 Å². The van der Waals surface area contributed by atoms with Gasteiger partial charge in [0.05, 0.1) is 10.6 Å². The summed E-state index contributed by atoms with van der Waals surface area (Å²) < 4.78 is 22.7. The SMILES string of the molecule is CC(CN)C(=O)Nc1cc(S(C)(=O)=O)ccc1O. The summed E-state index contributed by atoms with van der Waals surface area (Å²) in [6, 6.07) is 3.71. The third kappa shape index (κ3) is 3.44. The minimum absolute atomic E-state index is 0.0241. The molecule has 1 aromatic rings. The summed E-state index contributed by atoms with van der Waals surface area (Å²) >= 11 is 0. The highest BCUT2D eigenvalue weighted by Gasteiger charge is 2.15. The lowest BCUT2D eigenvalue weighted by Gasteiger charge is -2.12. The Bertz CT molecular complexity index is 554. The molecule has 0 radical (unpaired) electrons. The standard InChI is InChI=1S/C11H16N2O4S/c1-7(6-12)11(15)13-9-5-8(18(2,16)17)3-4-10(9)14/h3-5,7,14H,6,12H2,1-2H3,(H,13,15). The van der Waals surface area contributed by atoms with Crippen molar-refractivity contribution in [3.63, 3.8) is 0 Å². The molecule has 0 aliphatic carbocycles. The smallest absolute Gasteiger partial charge is 0.228 e. The summed E-state index contributed by atoms with van der Waals surface area (Å²) in [4.78, 5) is 11.6. The minimum atomic E-state index is -3.39. The molecule has 4 N–H and O–H groups in total. The van der Waals surface area contributed by atoms with Crippen molar-refractivity contribution in [2.45, 2.75) is 11.8 Å². The lowest BCUT2D eigenvalue weighted by atomic mass is 10.1. The van der Waals surface area contributed by atoms with Crippen molar-refractivity contribution in [3.8, 4) is 5.75 Å². The van der Waals surface area contributed by atoms with E-state index in [1.54, 1.807) is 6.92 Å². The van der Waals surface area contributed by atoms with Crippen LogP contribution in [0.4, 0.5) is 5.69 Å². The third-order valence-electron chi connectivity index (χ3n) is 2.46. The topological polar surface area (TPSA) is 109 Å². The number of anilines is 1. The maximum Gasteiger partial charge on any atom is 0.228 e. The Balaban J connectivity index is 3.06. The molecular weight excluding hydrogens is 256 g/mol. The second kappa shape index (κ2) is 5.36. The van der Waals surface area contributed by atoms with Crippen LogP contribution >= 0.6 is 0 Å². The zero-order chi connectivity index (χ0) is 13.9. The number of phenolic OH excluding ortho intramolecular Hbond substituents is 1. The van der Waals surface area contributed by atoms with Crippen LogP contribution in [0.1, 0.15) is 6.92 Å². The molecule has 1 unspecified atom stereocenters. The molecule has 18 heavy (non-hydrogen) atoms. The van der Waals surface area contributed by atoms with Gasteiger partial charge >= 0.3 is 0 Å². The molecule has 1 amide bonds. The highest BCUT2D eigenvalue weighted by Crippen LogP contribution is 2.26. The number of nitrogens with two attached hydrogens (primary N) is 1. The van der Waals surface area contributed by atoms with Crippen molar-refractivity contribution >= 4 is 21.4 Å². The number of rotatable bonds is 4. The largest absolute Gasteiger partial charge is 0.506 e. The van der Waals surface area contributed by atoms with E-state index >= 15 is 0 Å². The van der Waals surface area contributed by atoms with Crippen LogP contribution in [0.5, 0.6) is 5.75 Å². The van der Waals surface area contributed by atoms with Crippen LogP contribution in [0.15, 0.2) is 23.1 Å². The van der Waals surface area contributed by atoms with Crippen molar-refractivity contribution in [1.29, 1.82) is 0 Å². The first-order valence-electron chi connectivity index (χ1n) is 5.29. The normalized spacial score (nSPS) is 13.1. The molecule has 0 aliphatic rings. The number of carbonyl (C=O) groups excluding carboxylic acids is 1. The number of aromatic hydroxyl groups is 1. The molecule has 0 heterocycles. The fourth-order valence-corrected chi connectivity index (χ4v) is 1.86. The monoisotopic (exact) mass is 272 g/mol. The van der Waals surface area contributed by atoms with Crippen molar-refractivity contribution in [1.82, 2.24) is 0 Å². The maximum absolute atomic E-state index is 11.6. The fraction of sp³-hybridized carbons (Fsp3) is 0.364. The number of nitrogens with one attached hydrogen (secondary N) is 1. The molecule has 0 spiro atoms. The van der Waals surface area contributed by atoms with Gasteiger partial charge in [0.15, 0.2) is 9.84 Å². The summed E-state index contributed by atoms with van der Waals surface area (Å²) in [6.45, 7) is 1.80. The van der Waals surface area contributed by atoms with Crippen molar-refractivity contribution in [3.05, 3.63) is 18.2 Å². The van der Waals surface area contributed by atoms with E-state index in [-0.39, 0.29) is 28.8 Å². The van der Waals surface area contributed by atoms with Crippen molar-refractivity contribution in [2.24, 2.45) is 11.7 Å². The maximum atomic E-state index is 11.6. The zero-order valence-corrected chi connectivity index (χ0v) is 11.0. The number of hydrogen-bond donors (Lipinski definition) is 3. The zero-order valence-electron chi connectivity index (χ0n) is 10.2. The number of carbonyl (C=O) groups is 1. The van der Waals surface area contributed by atoms with Gasteiger partial charge in [-0.15, -0.1) is 0 Å². The van der Waals surface area contributed by atoms with Crippen LogP contribution in [0.3, 0.4) is 0 Å². The molecule has 0 bridgehead atoms. The van der Waals surface area contributed by atoms with Gasteiger partial charge in [-0.1, -0.05) is 6.92 Å². The first-order chi connectivity index (χ1) is 8.25. The van der Waals surface area contributed by atoms with E-state index in [1.807, 2.05) is 0 Å². The van der Waals surface area contributed by atoms with Crippen LogP contribution < -0.4 is 11.1 Å². The Morgan fingerprint density at radius 2 is 2.11 bits per heavy atom. The van der Waals surface area contributed by atoms with Gasteiger partial charge in [0.1, 0.15) is 5.75 Å².